The molecular weight excluding hydrogens is 261 g/mol. The summed E-state index contributed by atoms with van der Waals surface area (Å²) in [6.45, 7) is 2.13. The van der Waals surface area contributed by atoms with E-state index in [1.807, 2.05) is 0 Å². The first kappa shape index (κ1) is 8.10. The summed E-state index contributed by atoms with van der Waals surface area (Å²) in [6, 6.07) is 8.74. The van der Waals surface area contributed by atoms with Crippen molar-refractivity contribution >= 4 is 33.5 Å². The van der Waals surface area contributed by atoms with E-state index in [2.05, 4.69) is 65.4 Å². The van der Waals surface area contributed by atoms with Crippen LogP contribution in [0.4, 0.5) is 0 Å². The molecule has 2 rings (SSSR count). The smallest absolute Gasteiger partial charge is 0.0480 e. The zero-order chi connectivity index (χ0) is 8.72. The maximum atomic E-state index is 2.34. The quantitative estimate of drug-likeness (QED) is 0.649. The van der Waals surface area contributed by atoms with Crippen molar-refractivity contribution in [1.29, 1.82) is 0 Å². The summed E-state index contributed by atoms with van der Waals surface area (Å²) in [6.07, 6.45) is 0. The van der Waals surface area contributed by atoms with Crippen LogP contribution in [0.2, 0.25) is 0 Å². The molecular formula is C10H10IN. The van der Waals surface area contributed by atoms with Crippen LogP contribution in [0.5, 0.6) is 0 Å². The normalized spacial score (nSPS) is 10.9. The average Bonchev–Trinajstić information content (AvgIpc) is 2.28. The second-order valence-corrected chi connectivity index (χ2v) is 4.29. The highest BCUT2D eigenvalue weighted by Crippen LogP contribution is 2.20. The van der Waals surface area contributed by atoms with E-state index in [1.165, 1.54) is 20.2 Å². The highest BCUT2D eigenvalue weighted by atomic mass is 127. The van der Waals surface area contributed by atoms with Crippen molar-refractivity contribution in [2.45, 2.75) is 6.92 Å². The molecule has 0 aliphatic carbocycles. The molecule has 0 unspecified atom stereocenters. The molecule has 0 N–H and O–H groups in total. The number of halogens is 1. The lowest BCUT2D eigenvalue weighted by Gasteiger charge is -1.97. The molecule has 0 spiro atoms. The minimum absolute atomic E-state index is 1.30. The summed E-state index contributed by atoms with van der Waals surface area (Å²) >= 11 is 2.34. The minimum atomic E-state index is 1.30. The van der Waals surface area contributed by atoms with Crippen molar-refractivity contribution in [3.05, 3.63) is 33.5 Å². The molecule has 0 saturated heterocycles. The fourth-order valence-corrected chi connectivity index (χ4v) is 1.97. The van der Waals surface area contributed by atoms with Crippen molar-refractivity contribution in [2.24, 2.45) is 7.05 Å². The molecule has 1 heterocycles. The van der Waals surface area contributed by atoms with Crippen molar-refractivity contribution in [3.63, 3.8) is 0 Å². The van der Waals surface area contributed by atoms with Crippen molar-refractivity contribution in [3.8, 4) is 0 Å². The van der Waals surface area contributed by atoms with E-state index in [0.29, 0.717) is 0 Å². The van der Waals surface area contributed by atoms with Gasteiger partial charge in [-0.3, -0.25) is 0 Å². The third-order valence-electron chi connectivity index (χ3n) is 2.24. The molecule has 1 aromatic heterocycles. The van der Waals surface area contributed by atoms with Crippen LogP contribution in [0, 0.1) is 10.5 Å². The van der Waals surface area contributed by atoms with Crippen LogP contribution >= 0.6 is 22.6 Å². The van der Waals surface area contributed by atoms with Gasteiger partial charge in [0.1, 0.15) is 0 Å². The Morgan fingerprint density at radius 2 is 2.00 bits per heavy atom. The van der Waals surface area contributed by atoms with Crippen LogP contribution in [-0.2, 0) is 7.05 Å². The molecule has 1 aromatic carbocycles. The Morgan fingerprint density at radius 1 is 1.25 bits per heavy atom. The van der Waals surface area contributed by atoms with Gasteiger partial charge in [0.15, 0.2) is 0 Å². The van der Waals surface area contributed by atoms with Gasteiger partial charge in [-0.05, 0) is 53.8 Å². The molecule has 0 amide bonds. The van der Waals surface area contributed by atoms with Gasteiger partial charge in [0.2, 0.25) is 0 Å². The van der Waals surface area contributed by atoms with Crippen molar-refractivity contribution in [1.82, 2.24) is 4.57 Å². The SMILES string of the molecule is Cc1cc2cc(I)ccc2n1C. The standard InChI is InChI=1S/C10H10IN/c1-7-5-8-6-9(11)3-4-10(8)12(7)2/h3-6H,1-2H3. The lowest BCUT2D eigenvalue weighted by molar-refractivity contribution is 0.918. The third kappa shape index (κ3) is 1.14. The van der Waals surface area contributed by atoms with E-state index in [9.17, 15) is 0 Å². The van der Waals surface area contributed by atoms with Crippen LogP contribution in [0.1, 0.15) is 5.69 Å². The minimum Gasteiger partial charge on any atom is -0.348 e. The monoisotopic (exact) mass is 271 g/mol. The number of hydrogen-bond donors (Lipinski definition) is 0. The van der Waals surface area contributed by atoms with Gasteiger partial charge in [-0.2, -0.15) is 0 Å². The van der Waals surface area contributed by atoms with Gasteiger partial charge >= 0.3 is 0 Å². The summed E-state index contributed by atoms with van der Waals surface area (Å²) in [5, 5.41) is 1.34. The lowest BCUT2D eigenvalue weighted by atomic mass is 10.2. The molecule has 0 radical (unpaired) electrons. The Hall–Kier alpha value is -0.510. The molecule has 2 aromatic rings. The molecule has 0 atom stereocenters. The van der Waals surface area contributed by atoms with Gasteiger partial charge in [0.05, 0.1) is 0 Å². The average molecular weight is 271 g/mol. The first-order valence-corrected chi connectivity index (χ1v) is 4.98. The number of fused-ring (bicyclic) bond motifs is 1. The molecule has 62 valence electrons. The van der Waals surface area contributed by atoms with Gasteiger partial charge in [-0.1, -0.05) is 0 Å². The van der Waals surface area contributed by atoms with Crippen LogP contribution in [0.3, 0.4) is 0 Å². The van der Waals surface area contributed by atoms with E-state index in [1.54, 1.807) is 0 Å². The molecule has 1 nitrogen and oxygen atoms in total. The summed E-state index contributed by atoms with van der Waals surface area (Å²) in [7, 11) is 2.10. The fourth-order valence-electron chi connectivity index (χ4n) is 1.46. The predicted molar refractivity (Wildman–Crippen MR) is 60.4 cm³/mol. The highest BCUT2D eigenvalue weighted by Gasteiger charge is 2.00. The van der Waals surface area contributed by atoms with Gasteiger partial charge in [0.25, 0.3) is 0 Å². The Morgan fingerprint density at radius 3 is 2.75 bits per heavy atom. The van der Waals surface area contributed by atoms with Crippen LogP contribution in [0.15, 0.2) is 24.3 Å². The van der Waals surface area contributed by atoms with Gasteiger partial charge in [-0.15, -0.1) is 0 Å². The van der Waals surface area contributed by atoms with E-state index in [0.717, 1.165) is 0 Å². The predicted octanol–water partition coefficient (Wildman–Crippen LogP) is 3.09. The Labute approximate surface area is 85.5 Å². The Bertz CT molecular complexity index is 429. The second kappa shape index (κ2) is 2.76. The van der Waals surface area contributed by atoms with E-state index >= 15 is 0 Å². The number of hydrogen-bond acceptors (Lipinski definition) is 0. The number of aryl methyl sites for hydroxylation is 2. The molecule has 0 fully saturated rings. The van der Waals surface area contributed by atoms with Crippen LogP contribution in [0.25, 0.3) is 10.9 Å². The molecule has 12 heavy (non-hydrogen) atoms. The zero-order valence-corrected chi connectivity index (χ0v) is 9.29. The van der Waals surface area contributed by atoms with Gasteiger partial charge in [-0.25, -0.2) is 0 Å². The first-order chi connectivity index (χ1) is 5.68. The van der Waals surface area contributed by atoms with Gasteiger partial charge in [0, 0.05) is 27.2 Å². The van der Waals surface area contributed by atoms with E-state index in [-0.39, 0.29) is 0 Å². The molecule has 2 heteroatoms. The van der Waals surface area contributed by atoms with E-state index < -0.39 is 0 Å². The maximum absolute atomic E-state index is 2.34. The first-order valence-electron chi connectivity index (χ1n) is 3.90. The van der Waals surface area contributed by atoms with Crippen molar-refractivity contribution in [2.75, 3.05) is 0 Å². The fraction of sp³-hybridized carbons (Fsp3) is 0.200. The topological polar surface area (TPSA) is 4.93 Å². The lowest BCUT2D eigenvalue weighted by Crippen LogP contribution is -1.88. The number of aromatic nitrogens is 1. The summed E-state index contributed by atoms with van der Waals surface area (Å²) < 4.78 is 3.51. The Balaban J connectivity index is 2.87. The van der Waals surface area contributed by atoms with Gasteiger partial charge < -0.3 is 4.57 Å². The van der Waals surface area contributed by atoms with Crippen LogP contribution in [-0.4, -0.2) is 4.57 Å². The maximum Gasteiger partial charge on any atom is 0.0480 e. The van der Waals surface area contributed by atoms with Crippen LogP contribution < -0.4 is 0 Å². The second-order valence-electron chi connectivity index (χ2n) is 3.05. The molecule has 0 aliphatic heterocycles. The van der Waals surface area contributed by atoms with E-state index in [4.69, 9.17) is 0 Å². The summed E-state index contributed by atoms with van der Waals surface area (Å²) in [5.41, 5.74) is 2.62. The summed E-state index contributed by atoms with van der Waals surface area (Å²) in [4.78, 5) is 0. The molecule has 0 saturated carbocycles. The third-order valence-corrected chi connectivity index (χ3v) is 2.92. The van der Waals surface area contributed by atoms with Crippen molar-refractivity contribution < 1.29 is 0 Å². The zero-order valence-electron chi connectivity index (χ0n) is 7.13. The number of nitrogens with zero attached hydrogens (tertiary/aromatic N) is 1. The Kier molecular flexibility index (Phi) is 1.87. The largest absolute Gasteiger partial charge is 0.348 e. The molecule has 0 bridgehead atoms. The summed E-state index contributed by atoms with van der Waals surface area (Å²) in [5.74, 6) is 0. The number of rotatable bonds is 0. The number of benzene rings is 1. The highest BCUT2D eigenvalue weighted by molar-refractivity contribution is 14.1. The molecule has 0 aliphatic rings.